The molecule has 0 aliphatic heterocycles. The highest BCUT2D eigenvalue weighted by molar-refractivity contribution is 9.10. The third-order valence-electron chi connectivity index (χ3n) is 17.8. The lowest BCUT2D eigenvalue weighted by atomic mass is 10.1. The molecule has 0 aromatic carbocycles. The summed E-state index contributed by atoms with van der Waals surface area (Å²) in [6.45, 7) is 22.3. The summed E-state index contributed by atoms with van der Waals surface area (Å²) in [7, 11) is 24.1. The molecule has 0 saturated carbocycles. The first-order valence-corrected chi connectivity index (χ1v) is 56.7. The quantitative estimate of drug-likeness (QED) is 0.0249. The van der Waals surface area contributed by atoms with E-state index in [1.165, 1.54) is 257 Å². The fourth-order valence-electron chi connectivity index (χ4n) is 11.5. The van der Waals surface area contributed by atoms with Crippen LogP contribution in [-0.2, 0) is 38.1 Å². The Kier molecular flexibility index (Phi) is 85.5. The predicted octanol–water partition coefficient (Wildman–Crippen LogP) is 27.4. The van der Waals surface area contributed by atoms with E-state index >= 15 is 0 Å². The number of carbonyl (C=O) groups is 4. The van der Waals surface area contributed by atoms with Crippen molar-refractivity contribution in [3.05, 3.63) is 0 Å². The van der Waals surface area contributed by atoms with Crippen LogP contribution >= 0.6 is 126 Å². The van der Waals surface area contributed by atoms with Crippen LogP contribution in [0.1, 0.15) is 351 Å². The molecule has 0 saturated heterocycles. The number of rotatable bonds is 84. The van der Waals surface area contributed by atoms with Gasteiger partial charge in [-0.25, -0.2) is 0 Å². The summed E-state index contributed by atoms with van der Waals surface area (Å²) in [5, 5.41) is 0. The Hall–Kier alpha value is 1.96. The standard InChI is InChI=1S/C79H155N3O8S12/c1-10-14-18-22-26-30-34-38-42-46-64-91-99-95-68-72(5)87-76(83)52-60-81(61-53-77(84)88-73(6)69-96-100-92-65-47-43-39-35-31-27-23-19-15-11-2)58-50-56-80(9)57-51-59-82(62-54-78(85)89-74(7)70-97-101-93-66-48-44-40-36-32-28-24-20-16-12-3)63-55-79(86)90-75(8)71-98-102-94-67-49-45-41-37-33-29-25-21-17-13-4/h72-75H,10-71H2,1-9H3. The molecular weight excluding hydrogens is 1500 g/mol. The molecule has 102 heavy (non-hydrogen) atoms. The first-order chi connectivity index (χ1) is 49.8. The monoisotopic (exact) mass is 1660 g/mol. The average molecular weight is 1660 g/mol. The van der Waals surface area contributed by atoms with Gasteiger partial charge in [0.2, 0.25) is 0 Å². The number of hydrogen-bond donors (Lipinski definition) is 0. The second kappa shape index (κ2) is 83.9. The van der Waals surface area contributed by atoms with Crippen LogP contribution in [0.2, 0.25) is 0 Å². The van der Waals surface area contributed by atoms with E-state index in [-0.39, 0.29) is 74.0 Å². The second-order valence-electron chi connectivity index (χ2n) is 28.3. The fourth-order valence-corrected chi connectivity index (χ4v) is 27.5. The van der Waals surface area contributed by atoms with Crippen LogP contribution in [0.25, 0.3) is 0 Å². The number of ether oxygens (including phenoxy) is 4. The molecule has 0 heterocycles. The first-order valence-electron chi connectivity index (χ1n) is 41.4. The number of carbonyl (C=O) groups excluding carboxylic acids is 4. The van der Waals surface area contributed by atoms with Crippen LogP contribution in [0.15, 0.2) is 0 Å². The molecule has 23 heteroatoms. The summed E-state index contributed by atoms with van der Waals surface area (Å²) < 4.78 is 23.6. The second-order valence-corrected chi connectivity index (χ2v) is 45.9. The summed E-state index contributed by atoms with van der Waals surface area (Å²) in [6, 6.07) is 0. The van der Waals surface area contributed by atoms with Gasteiger partial charge in [0.25, 0.3) is 0 Å². The summed E-state index contributed by atoms with van der Waals surface area (Å²) in [5.41, 5.74) is 0. The molecule has 0 N–H and O–H groups in total. The zero-order valence-corrected chi connectivity index (χ0v) is 76.5. The molecule has 0 aromatic heterocycles. The minimum Gasteiger partial charge on any atom is -0.462 e. The first kappa shape index (κ1) is 104. The highest BCUT2D eigenvalue weighted by Gasteiger charge is 2.20. The smallest absolute Gasteiger partial charge is 0.307 e. The zero-order valence-electron chi connectivity index (χ0n) is 66.7. The van der Waals surface area contributed by atoms with Crippen LogP contribution in [0, 0.1) is 0 Å². The highest BCUT2D eigenvalue weighted by atomic mass is 33.5. The van der Waals surface area contributed by atoms with Crippen molar-refractivity contribution in [1.82, 2.24) is 14.7 Å². The maximum Gasteiger partial charge on any atom is 0.307 e. The van der Waals surface area contributed by atoms with E-state index in [0.717, 1.165) is 85.0 Å². The topological polar surface area (TPSA) is 115 Å². The number of esters is 4. The zero-order chi connectivity index (χ0) is 74.5. The summed E-state index contributed by atoms with van der Waals surface area (Å²) in [6.07, 6.45) is 56.1. The number of nitrogens with zero attached hydrogens (tertiary/aromatic N) is 3. The molecule has 0 radical (unpaired) electrons. The maximum absolute atomic E-state index is 13.3. The van der Waals surface area contributed by atoms with Crippen molar-refractivity contribution < 1.29 is 38.1 Å². The van der Waals surface area contributed by atoms with Gasteiger partial charge in [-0.1, -0.05) is 345 Å². The number of unbranched alkanes of at least 4 members (excludes halogenated alkanes) is 36. The molecule has 4 unspecified atom stereocenters. The van der Waals surface area contributed by atoms with Gasteiger partial charge in [-0.05, 0) is 139 Å². The Balaban J connectivity index is 5.37. The largest absolute Gasteiger partial charge is 0.462 e. The lowest BCUT2D eigenvalue weighted by Crippen LogP contribution is -2.35. The van der Waals surface area contributed by atoms with Gasteiger partial charge < -0.3 is 33.6 Å². The van der Waals surface area contributed by atoms with Crippen molar-refractivity contribution >= 4 is 150 Å². The molecule has 11 nitrogen and oxygen atoms in total. The summed E-state index contributed by atoms with van der Waals surface area (Å²) >= 11 is 0. The Bertz CT molecular complexity index is 1570. The van der Waals surface area contributed by atoms with Gasteiger partial charge in [-0.2, -0.15) is 0 Å². The molecule has 0 aromatic rings. The van der Waals surface area contributed by atoms with E-state index < -0.39 is 0 Å². The molecule has 0 aliphatic rings. The van der Waals surface area contributed by atoms with Crippen molar-refractivity contribution in [2.45, 2.75) is 375 Å². The Morgan fingerprint density at radius 2 is 0.431 bits per heavy atom. The highest BCUT2D eigenvalue weighted by Crippen LogP contribution is 2.39. The Labute approximate surface area is 676 Å². The SMILES string of the molecule is CCCCCCCCCCCCSSSCC(C)OC(=O)CCN(CCCN(C)CCCN(CCC(=O)OC(C)CSSSCCCCCCCCCCCC)CCC(=O)OC(C)CSSSCCCCCCCCCCCC)CCC(=O)OC(C)CSSSCCCCCCCCCCCC. The van der Waals surface area contributed by atoms with Crippen molar-refractivity contribution in [2.24, 2.45) is 0 Å². The van der Waals surface area contributed by atoms with Gasteiger partial charge in [0.1, 0.15) is 24.4 Å². The van der Waals surface area contributed by atoms with Crippen LogP contribution in [0.5, 0.6) is 0 Å². The van der Waals surface area contributed by atoms with E-state index in [4.69, 9.17) is 18.9 Å². The Morgan fingerprint density at radius 3 is 0.627 bits per heavy atom. The molecule has 0 amide bonds. The molecular formula is C79H155N3O8S12. The maximum atomic E-state index is 13.3. The van der Waals surface area contributed by atoms with Crippen LogP contribution in [0.4, 0.5) is 0 Å². The molecule has 0 spiro atoms. The molecule has 0 rings (SSSR count). The van der Waals surface area contributed by atoms with Crippen LogP contribution < -0.4 is 0 Å². The van der Waals surface area contributed by atoms with Crippen molar-refractivity contribution in [3.8, 4) is 0 Å². The average Bonchev–Trinajstić information content (AvgIpc) is 1.28. The van der Waals surface area contributed by atoms with Crippen molar-refractivity contribution in [3.63, 3.8) is 0 Å². The van der Waals surface area contributed by atoms with Gasteiger partial charge in [-0.15, -0.1) is 0 Å². The third kappa shape index (κ3) is 80.0. The van der Waals surface area contributed by atoms with Crippen LogP contribution in [0.3, 0.4) is 0 Å². The van der Waals surface area contributed by atoms with Gasteiger partial charge in [-0.3, -0.25) is 19.2 Å². The molecule has 0 fully saturated rings. The van der Waals surface area contributed by atoms with E-state index in [0.29, 0.717) is 26.2 Å². The lowest BCUT2D eigenvalue weighted by molar-refractivity contribution is -0.149. The predicted molar refractivity (Wildman–Crippen MR) is 478 cm³/mol. The summed E-state index contributed by atoms with van der Waals surface area (Å²) in [5.74, 6) is 6.84. The molecule has 0 aliphatic carbocycles. The van der Waals surface area contributed by atoms with Gasteiger partial charge in [0.05, 0.1) is 25.7 Å². The number of hydrogen-bond acceptors (Lipinski definition) is 23. The Morgan fingerprint density at radius 1 is 0.245 bits per heavy atom. The van der Waals surface area contributed by atoms with Gasteiger partial charge >= 0.3 is 23.9 Å². The van der Waals surface area contributed by atoms with Crippen LogP contribution in [-0.4, -0.2) is 168 Å². The minimum atomic E-state index is -0.199. The molecule has 0 bridgehead atoms. The van der Waals surface area contributed by atoms with E-state index in [1.807, 2.05) is 110 Å². The van der Waals surface area contributed by atoms with E-state index in [1.54, 1.807) is 43.2 Å². The van der Waals surface area contributed by atoms with Crippen molar-refractivity contribution in [1.29, 1.82) is 0 Å². The molecule has 606 valence electrons. The van der Waals surface area contributed by atoms with Crippen molar-refractivity contribution in [2.75, 3.05) is 105 Å². The fraction of sp³-hybridized carbons (Fsp3) is 0.949. The van der Waals surface area contributed by atoms with E-state index in [2.05, 4.69) is 49.4 Å². The van der Waals surface area contributed by atoms with E-state index in [9.17, 15) is 19.2 Å². The normalized spacial score (nSPS) is 13.0. The summed E-state index contributed by atoms with van der Waals surface area (Å²) in [4.78, 5) is 60.0. The third-order valence-corrected chi connectivity index (χ3v) is 35.7. The molecule has 4 atom stereocenters. The van der Waals surface area contributed by atoms with Gasteiger partial charge in [0, 0.05) is 72.2 Å². The lowest BCUT2D eigenvalue weighted by Gasteiger charge is -2.25. The van der Waals surface area contributed by atoms with Gasteiger partial charge in [0.15, 0.2) is 0 Å². The minimum absolute atomic E-state index is 0.177.